The van der Waals surface area contributed by atoms with Crippen LogP contribution in [0.5, 0.6) is 0 Å². The fourth-order valence-corrected chi connectivity index (χ4v) is 3.45. The topological polar surface area (TPSA) is 70.2 Å². The second-order valence-corrected chi connectivity index (χ2v) is 7.08. The molecule has 1 aromatic carbocycles. The largest absolute Gasteiger partial charge is 0.362 e. The lowest BCUT2D eigenvalue weighted by Crippen LogP contribution is -2.33. The van der Waals surface area contributed by atoms with Gasteiger partial charge in [-0.1, -0.05) is 12.1 Å². The Morgan fingerprint density at radius 2 is 1.88 bits per heavy atom. The molecule has 0 spiro atoms. The van der Waals surface area contributed by atoms with Gasteiger partial charge in [0.05, 0.1) is 5.52 Å². The molecule has 0 saturated heterocycles. The normalized spacial score (nSPS) is 20.3. The molecule has 2 aromatic rings. The molecule has 0 radical (unpaired) electrons. The maximum Gasteiger partial charge on any atom is 0.225 e. The first-order chi connectivity index (χ1) is 12.0. The molecule has 25 heavy (non-hydrogen) atoms. The monoisotopic (exact) mass is 341 g/mol. The predicted molar refractivity (Wildman–Crippen MR) is 102 cm³/mol. The first-order valence-corrected chi connectivity index (χ1v) is 8.98. The number of para-hydroxylation sites is 1. The Labute approximate surface area is 149 Å². The van der Waals surface area contributed by atoms with Crippen LogP contribution in [0.2, 0.25) is 0 Å². The van der Waals surface area contributed by atoms with E-state index in [1.807, 2.05) is 37.2 Å². The summed E-state index contributed by atoms with van der Waals surface area (Å²) >= 11 is 0. The molecule has 1 amide bonds. The van der Waals surface area contributed by atoms with Gasteiger partial charge in [0.25, 0.3) is 0 Å². The van der Waals surface area contributed by atoms with Crippen molar-refractivity contribution in [2.24, 2.45) is 5.92 Å². The van der Waals surface area contributed by atoms with Crippen LogP contribution in [-0.4, -0.2) is 42.6 Å². The number of aromatic nitrogens is 2. The minimum atomic E-state index is 0.0565. The molecule has 6 nitrogen and oxygen atoms in total. The highest BCUT2D eigenvalue weighted by atomic mass is 16.1. The van der Waals surface area contributed by atoms with Gasteiger partial charge in [-0.25, -0.2) is 4.98 Å². The van der Waals surface area contributed by atoms with E-state index in [4.69, 9.17) is 4.98 Å². The smallest absolute Gasteiger partial charge is 0.225 e. The van der Waals surface area contributed by atoms with Crippen LogP contribution < -0.4 is 15.5 Å². The fraction of sp³-hybridized carbons (Fsp3) is 0.526. The summed E-state index contributed by atoms with van der Waals surface area (Å²) in [4.78, 5) is 22.5. The zero-order valence-corrected chi connectivity index (χ0v) is 15.2. The summed E-state index contributed by atoms with van der Waals surface area (Å²) in [5.41, 5.74) is 0.961. The number of carbonyl (C=O) groups is 1. The quantitative estimate of drug-likeness (QED) is 0.875. The molecule has 6 heteroatoms. The SMILES string of the molecule is CC(=O)NC[C@H]1CC[C@@H](Nc2nc(N(C)C)c3ccccc3n2)CC1. The van der Waals surface area contributed by atoms with Gasteiger partial charge in [-0.2, -0.15) is 4.98 Å². The molecule has 1 heterocycles. The Morgan fingerprint density at radius 3 is 2.56 bits per heavy atom. The average Bonchev–Trinajstić information content (AvgIpc) is 2.60. The van der Waals surface area contributed by atoms with E-state index in [0.29, 0.717) is 17.9 Å². The summed E-state index contributed by atoms with van der Waals surface area (Å²) in [5, 5.41) is 7.51. The first kappa shape index (κ1) is 17.5. The third-order valence-corrected chi connectivity index (χ3v) is 4.83. The number of nitrogens with zero attached hydrogens (tertiary/aromatic N) is 3. The highest BCUT2D eigenvalue weighted by molar-refractivity contribution is 5.90. The van der Waals surface area contributed by atoms with Gasteiger partial charge in [-0.3, -0.25) is 4.79 Å². The van der Waals surface area contributed by atoms with Crippen molar-refractivity contribution in [2.45, 2.75) is 38.6 Å². The van der Waals surface area contributed by atoms with Gasteiger partial charge in [0, 0.05) is 39.0 Å². The number of benzene rings is 1. The van der Waals surface area contributed by atoms with Gasteiger partial charge >= 0.3 is 0 Å². The summed E-state index contributed by atoms with van der Waals surface area (Å²) in [6, 6.07) is 8.50. The van der Waals surface area contributed by atoms with Crippen molar-refractivity contribution in [2.75, 3.05) is 30.9 Å². The lowest BCUT2D eigenvalue weighted by atomic mass is 9.86. The van der Waals surface area contributed by atoms with E-state index in [2.05, 4.69) is 21.7 Å². The number of hydrogen-bond acceptors (Lipinski definition) is 5. The van der Waals surface area contributed by atoms with E-state index in [-0.39, 0.29) is 5.91 Å². The van der Waals surface area contributed by atoms with Crippen LogP contribution in [0.1, 0.15) is 32.6 Å². The zero-order chi connectivity index (χ0) is 17.8. The van der Waals surface area contributed by atoms with E-state index in [0.717, 1.165) is 48.9 Å². The van der Waals surface area contributed by atoms with Crippen molar-refractivity contribution < 1.29 is 4.79 Å². The van der Waals surface area contributed by atoms with Gasteiger partial charge < -0.3 is 15.5 Å². The van der Waals surface area contributed by atoms with E-state index >= 15 is 0 Å². The number of rotatable bonds is 5. The third kappa shape index (κ3) is 4.38. The minimum Gasteiger partial charge on any atom is -0.362 e. The molecule has 0 aliphatic heterocycles. The molecule has 0 atom stereocenters. The molecule has 0 bridgehead atoms. The zero-order valence-electron chi connectivity index (χ0n) is 15.2. The Kier molecular flexibility index (Phi) is 5.36. The van der Waals surface area contributed by atoms with Gasteiger partial charge in [-0.05, 0) is 43.7 Å². The standard InChI is InChI=1S/C19H27N5O/c1-13(25)20-12-14-8-10-15(11-9-14)21-19-22-17-7-5-4-6-16(17)18(23-19)24(2)3/h4-7,14-15H,8-12H2,1-3H3,(H,20,25)(H,21,22,23)/t14-,15+. The molecule has 134 valence electrons. The second-order valence-electron chi connectivity index (χ2n) is 7.08. The van der Waals surface area contributed by atoms with Crippen molar-refractivity contribution in [1.29, 1.82) is 0 Å². The van der Waals surface area contributed by atoms with Crippen LogP contribution >= 0.6 is 0 Å². The van der Waals surface area contributed by atoms with Crippen molar-refractivity contribution in [3.05, 3.63) is 24.3 Å². The summed E-state index contributed by atoms with van der Waals surface area (Å²) in [7, 11) is 4.01. The van der Waals surface area contributed by atoms with Gasteiger partial charge in [0.1, 0.15) is 5.82 Å². The molecule has 0 unspecified atom stereocenters. The molecule has 2 N–H and O–H groups in total. The van der Waals surface area contributed by atoms with Gasteiger partial charge in [0.15, 0.2) is 0 Å². The van der Waals surface area contributed by atoms with Crippen LogP contribution in [0.15, 0.2) is 24.3 Å². The van der Waals surface area contributed by atoms with E-state index in [1.54, 1.807) is 6.92 Å². The van der Waals surface area contributed by atoms with E-state index in [1.165, 1.54) is 0 Å². The number of carbonyl (C=O) groups excluding carboxylic acids is 1. The number of amides is 1. The number of hydrogen-bond donors (Lipinski definition) is 2. The molecule has 3 rings (SSSR count). The third-order valence-electron chi connectivity index (χ3n) is 4.83. The summed E-state index contributed by atoms with van der Waals surface area (Å²) in [5.74, 6) is 2.28. The van der Waals surface area contributed by atoms with Crippen molar-refractivity contribution in [3.8, 4) is 0 Å². The minimum absolute atomic E-state index is 0.0565. The Bertz CT molecular complexity index is 738. The van der Waals surface area contributed by atoms with Crippen molar-refractivity contribution >= 4 is 28.6 Å². The predicted octanol–water partition coefficient (Wildman–Crippen LogP) is 2.80. The molecule has 1 aliphatic carbocycles. The molecular weight excluding hydrogens is 314 g/mol. The van der Waals surface area contributed by atoms with Gasteiger partial charge in [0.2, 0.25) is 11.9 Å². The van der Waals surface area contributed by atoms with Crippen molar-refractivity contribution in [3.63, 3.8) is 0 Å². The van der Waals surface area contributed by atoms with Crippen LogP contribution in [0, 0.1) is 5.92 Å². The molecule has 1 aliphatic rings. The number of anilines is 2. The highest BCUT2D eigenvalue weighted by Gasteiger charge is 2.22. The van der Waals surface area contributed by atoms with E-state index < -0.39 is 0 Å². The van der Waals surface area contributed by atoms with Crippen LogP contribution in [0.4, 0.5) is 11.8 Å². The summed E-state index contributed by atoms with van der Waals surface area (Å²) < 4.78 is 0. The Balaban J connectivity index is 1.67. The molecule has 1 saturated carbocycles. The van der Waals surface area contributed by atoms with Crippen LogP contribution in [0.25, 0.3) is 10.9 Å². The van der Waals surface area contributed by atoms with Crippen LogP contribution in [-0.2, 0) is 4.79 Å². The van der Waals surface area contributed by atoms with Gasteiger partial charge in [-0.15, -0.1) is 0 Å². The fourth-order valence-electron chi connectivity index (χ4n) is 3.45. The summed E-state index contributed by atoms with van der Waals surface area (Å²) in [6.07, 6.45) is 4.40. The second kappa shape index (κ2) is 7.68. The lowest BCUT2D eigenvalue weighted by molar-refractivity contribution is -0.119. The molecule has 1 aromatic heterocycles. The maximum absolute atomic E-state index is 11.0. The average molecular weight is 341 g/mol. The maximum atomic E-state index is 11.0. The summed E-state index contributed by atoms with van der Waals surface area (Å²) in [6.45, 7) is 2.37. The Morgan fingerprint density at radius 1 is 1.16 bits per heavy atom. The van der Waals surface area contributed by atoms with Crippen LogP contribution in [0.3, 0.4) is 0 Å². The Hall–Kier alpha value is -2.37. The lowest BCUT2D eigenvalue weighted by Gasteiger charge is -2.29. The first-order valence-electron chi connectivity index (χ1n) is 8.98. The highest BCUT2D eigenvalue weighted by Crippen LogP contribution is 2.28. The number of nitrogens with one attached hydrogen (secondary N) is 2. The number of fused-ring (bicyclic) bond motifs is 1. The van der Waals surface area contributed by atoms with E-state index in [9.17, 15) is 4.79 Å². The van der Waals surface area contributed by atoms with Crippen molar-refractivity contribution in [1.82, 2.24) is 15.3 Å². The molecule has 1 fully saturated rings. The molecular formula is C19H27N5O.